The van der Waals surface area contributed by atoms with Gasteiger partial charge in [0.25, 0.3) is 0 Å². The zero-order valence-corrected chi connectivity index (χ0v) is 12.4. The number of carbonyl (C=O) groups is 1. The molecule has 110 valence electrons. The lowest BCUT2D eigenvalue weighted by molar-refractivity contribution is 0.233. The third-order valence-electron chi connectivity index (χ3n) is 4.24. The maximum Gasteiger partial charge on any atom is 0.315 e. The molecule has 0 aliphatic heterocycles. The van der Waals surface area contributed by atoms with E-state index in [2.05, 4.69) is 24.5 Å². The second-order valence-corrected chi connectivity index (χ2v) is 6.12. The summed E-state index contributed by atoms with van der Waals surface area (Å²) in [6, 6.07) is 6.79. The van der Waals surface area contributed by atoms with Crippen molar-refractivity contribution in [1.82, 2.24) is 10.6 Å². The van der Waals surface area contributed by atoms with E-state index in [-0.39, 0.29) is 23.3 Å². The third kappa shape index (κ3) is 3.30. The minimum Gasteiger partial charge on any atom is -0.337 e. The van der Waals surface area contributed by atoms with Crippen molar-refractivity contribution in [3.8, 4) is 0 Å². The normalized spacial score (nSPS) is 17.6. The number of nitrogens with one attached hydrogen (secondary N) is 2. The molecule has 1 fully saturated rings. The molecule has 0 aromatic heterocycles. The smallest absolute Gasteiger partial charge is 0.315 e. The van der Waals surface area contributed by atoms with Crippen LogP contribution in [0.25, 0.3) is 0 Å². The zero-order chi connectivity index (χ0) is 14.8. The molecule has 0 bridgehead atoms. The molecule has 2 N–H and O–H groups in total. The highest BCUT2D eigenvalue weighted by Gasteiger charge is 2.46. The van der Waals surface area contributed by atoms with Crippen molar-refractivity contribution >= 4 is 6.03 Å². The number of carbonyl (C=O) groups excluding carboxylic acids is 1. The number of urea groups is 1. The van der Waals surface area contributed by atoms with Crippen LogP contribution in [0.4, 0.5) is 9.18 Å². The summed E-state index contributed by atoms with van der Waals surface area (Å²) in [6.45, 7) is 6.60. The molecule has 20 heavy (non-hydrogen) atoms. The summed E-state index contributed by atoms with van der Waals surface area (Å²) < 4.78 is 13.8. The van der Waals surface area contributed by atoms with Gasteiger partial charge in [0.2, 0.25) is 0 Å². The number of hydrogen-bond acceptors (Lipinski definition) is 1. The number of rotatable bonds is 5. The summed E-state index contributed by atoms with van der Waals surface area (Å²) in [6.07, 6.45) is 1.85. The summed E-state index contributed by atoms with van der Waals surface area (Å²) in [4.78, 5) is 11.8. The molecular weight excluding hydrogens is 255 g/mol. The molecule has 0 saturated heterocycles. The average molecular weight is 278 g/mol. The van der Waals surface area contributed by atoms with Crippen LogP contribution in [-0.4, -0.2) is 18.6 Å². The summed E-state index contributed by atoms with van der Waals surface area (Å²) in [5.74, 6) is 0.213. The van der Waals surface area contributed by atoms with Crippen LogP contribution in [0.3, 0.4) is 0 Å². The van der Waals surface area contributed by atoms with Crippen LogP contribution in [0, 0.1) is 11.7 Å². The van der Waals surface area contributed by atoms with E-state index in [4.69, 9.17) is 0 Å². The molecule has 4 heteroatoms. The summed E-state index contributed by atoms with van der Waals surface area (Å²) in [5.41, 5.74) is 0.515. The molecule has 1 aliphatic rings. The molecule has 1 atom stereocenters. The fourth-order valence-corrected chi connectivity index (χ4v) is 2.26. The summed E-state index contributed by atoms with van der Waals surface area (Å²) in [5, 5.41) is 5.78. The van der Waals surface area contributed by atoms with Crippen molar-refractivity contribution in [2.24, 2.45) is 5.92 Å². The van der Waals surface area contributed by atoms with Crippen LogP contribution in [0.1, 0.15) is 39.2 Å². The first kappa shape index (κ1) is 14.8. The van der Waals surface area contributed by atoms with Crippen LogP contribution in [0.5, 0.6) is 0 Å². The van der Waals surface area contributed by atoms with E-state index < -0.39 is 0 Å². The second kappa shape index (κ2) is 5.81. The van der Waals surface area contributed by atoms with Gasteiger partial charge in [-0.2, -0.15) is 0 Å². The topological polar surface area (TPSA) is 41.1 Å². The van der Waals surface area contributed by atoms with Gasteiger partial charge >= 0.3 is 6.03 Å². The van der Waals surface area contributed by atoms with Crippen LogP contribution in [0.2, 0.25) is 0 Å². The molecule has 1 aromatic rings. The predicted molar refractivity (Wildman–Crippen MR) is 78.1 cm³/mol. The van der Waals surface area contributed by atoms with Gasteiger partial charge in [-0.3, -0.25) is 0 Å². The number of benzene rings is 1. The lowest BCUT2D eigenvalue weighted by Gasteiger charge is -2.21. The monoisotopic (exact) mass is 278 g/mol. The second-order valence-electron chi connectivity index (χ2n) is 6.12. The summed E-state index contributed by atoms with van der Waals surface area (Å²) >= 11 is 0. The van der Waals surface area contributed by atoms with E-state index in [1.807, 2.05) is 19.1 Å². The van der Waals surface area contributed by atoms with Gasteiger partial charge < -0.3 is 10.6 Å². The van der Waals surface area contributed by atoms with E-state index in [0.717, 1.165) is 18.4 Å². The molecule has 1 aromatic carbocycles. The van der Waals surface area contributed by atoms with Crippen molar-refractivity contribution in [3.63, 3.8) is 0 Å². The standard InChI is InChI=1S/C16H23FN2O/c1-11(2)12(3)19-15(20)18-10-16(8-9-16)13-6-4-5-7-14(13)17/h4-7,11-12H,8-10H2,1-3H3,(H2,18,19,20). The number of amides is 2. The fourth-order valence-electron chi connectivity index (χ4n) is 2.26. The quantitative estimate of drug-likeness (QED) is 0.853. The third-order valence-corrected chi connectivity index (χ3v) is 4.24. The summed E-state index contributed by atoms with van der Waals surface area (Å²) in [7, 11) is 0. The van der Waals surface area contributed by atoms with Crippen molar-refractivity contribution < 1.29 is 9.18 Å². The molecule has 0 radical (unpaired) electrons. The molecular formula is C16H23FN2O. The Balaban J connectivity index is 1.91. The van der Waals surface area contributed by atoms with Gasteiger partial charge in [0.15, 0.2) is 0 Å². The van der Waals surface area contributed by atoms with Gasteiger partial charge in [0.05, 0.1) is 0 Å². The van der Waals surface area contributed by atoms with Crippen LogP contribution in [-0.2, 0) is 5.41 Å². The molecule has 2 amide bonds. The highest BCUT2D eigenvalue weighted by atomic mass is 19.1. The Morgan fingerprint density at radius 2 is 1.95 bits per heavy atom. The van der Waals surface area contributed by atoms with Gasteiger partial charge in [-0.15, -0.1) is 0 Å². The van der Waals surface area contributed by atoms with Gasteiger partial charge in [0.1, 0.15) is 5.82 Å². The van der Waals surface area contributed by atoms with Crippen LogP contribution < -0.4 is 10.6 Å². The molecule has 2 rings (SSSR count). The molecule has 1 unspecified atom stereocenters. The Kier molecular flexibility index (Phi) is 4.31. The van der Waals surface area contributed by atoms with Crippen molar-refractivity contribution in [3.05, 3.63) is 35.6 Å². The van der Waals surface area contributed by atoms with E-state index in [1.165, 1.54) is 6.07 Å². The highest BCUT2D eigenvalue weighted by molar-refractivity contribution is 5.74. The first-order chi connectivity index (χ1) is 9.44. The zero-order valence-electron chi connectivity index (χ0n) is 12.4. The fraction of sp³-hybridized carbons (Fsp3) is 0.562. The number of halogens is 1. The maximum atomic E-state index is 13.8. The van der Waals surface area contributed by atoms with E-state index >= 15 is 0 Å². The molecule has 1 aliphatic carbocycles. The largest absolute Gasteiger partial charge is 0.337 e. The molecule has 3 nitrogen and oxygen atoms in total. The Morgan fingerprint density at radius 1 is 1.30 bits per heavy atom. The van der Waals surface area contributed by atoms with E-state index in [1.54, 1.807) is 6.07 Å². The van der Waals surface area contributed by atoms with Crippen LogP contribution >= 0.6 is 0 Å². The maximum absolute atomic E-state index is 13.8. The Hall–Kier alpha value is -1.58. The van der Waals surface area contributed by atoms with Crippen molar-refractivity contribution in [1.29, 1.82) is 0 Å². The molecule has 0 heterocycles. The highest BCUT2D eigenvalue weighted by Crippen LogP contribution is 2.48. The van der Waals surface area contributed by atoms with Gasteiger partial charge in [0, 0.05) is 18.0 Å². The minimum absolute atomic E-state index is 0.124. The first-order valence-corrected chi connectivity index (χ1v) is 7.24. The lowest BCUT2D eigenvalue weighted by Crippen LogP contribution is -2.45. The van der Waals surface area contributed by atoms with Gasteiger partial charge in [-0.1, -0.05) is 32.0 Å². The van der Waals surface area contributed by atoms with E-state index in [9.17, 15) is 9.18 Å². The van der Waals surface area contributed by atoms with Gasteiger partial charge in [-0.25, -0.2) is 9.18 Å². The van der Waals surface area contributed by atoms with E-state index in [0.29, 0.717) is 12.5 Å². The van der Waals surface area contributed by atoms with Crippen molar-refractivity contribution in [2.75, 3.05) is 6.54 Å². The van der Waals surface area contributed by atoms with Crippen molar-refractivity contribution in [2.45, 2.75) is 45.1 Å². The lowest BCUT2D eigenvalue weighted by atomic mass is 9.95. The Labute approximate surface area is 120 Å². The number of hydrogen-bond donors (Lipinski definition) is 2. The minimum atomic E-state index is -0.205. The van der Waals surface area contributed by atoms with Crippen LogP contribution in [0.15, 0.2) is 24.3 Å². The first-order valence-electron chi connectivity index (χ1n) is 7.24. The molecule has 1 saturated carbocycles. The Bertz CT molecular complexity index is 483. The predicted octanol–water partition coefficient (Wildman–Crippen LogP) is 3.20. The Morgan fingerprint density at radius 3 is 2.50 bits per heavy atom. The SMILES string of the molecule is CC(C)C(C)NC(=O)NCC1(c2ccccc2F)CC1. The molecule has 0 spiro atoms. The average Bonchev–Trinajstić information content (AvgIpc) is 3.18. The van der Waals surface area contributed by atoms with Gasteiger partial charge in [-0.05, 0) is 37.3 Å².